The predicted octanol–water partition coefficient (Wildman–Crippen LogP) is 3.37. The summed E-state index contributed by atoms with van der Waals surface area (Å²) in [5.41, 5.74) is 2.59. The molecule has 3 aromatic rings. The quantitative estimate of drug-likeness (QED) is 0.789. The first-order chi connectivity index (χ1) is 12.1. The topological polar surface area (TPSA) is 80.3 Å². The number of ether oxygens (including phenoxy) is 2. The third kappa shape index (κ3) is 2.88. The zero-order valence-corrected chi connectivity index (χ0v) is 14.0. The predicted molar refractivity (Wildman–Crippen MR) is 93.8 cm³/mol. The van der Waals surface area contributed by atoms with Gasteiger partial charge in [-0.1, -0.05) is 0 Å². The molecule has 0 atom stereocenters. The maximum absolute atomic E-state index is 11.8. The number of nitrogens with one attached hydrogen (secondary N) is 1. The first-order valence-corrected chi connectivity index (χ1v) is 8.17. The van der Waals surface area contributed by atoms with E-state index < -0.39 is 0 Å². The lowest BCUT2D eigenvalue weighted by molar-refractivity contribution is 0.181. The van der Waals surface area contributed by atoms with E-state index in [2.05, 4.69) is 15.2 Å². The minimum Gasteiger partial charge on any atom is -0.491 e. The summed E-state index contributed by atoms with van der Waals surface area (Å²) in [7, 11) is 0. The van der Waals surface area contributed by atoms with E-state index in [1.165, 1.54) is 4.90 Å². The van der Waals surface area contributed by atoms with Crippen molar-refractivity contribution in [1.82, 2.24) is 15.2 Å². The number of fused-ring (bicyclic) bond motifs is 1. The summed E-state index contributed by atoms with van der Waals surface area (Å²) in [6.45, 7) is 4.87. The number of anilines is 1. The van der Waals surface area contributed by atoms with Gasteiger partial charge >= 0.3 is 6.09 Å². The van der Waals surface area contributed by atoms with Crippen molar-refractivity contribution in [1.29, 1.82) is 0 Å². The molecule has 1 aromatic carbocycles. The van der Waals surface area contributed by atoms with E-state index in [0.717, 1.165) is 27.9 Å². The molecule has 0 unspecified atom stereocenters. The number of benzene rings is 1. The van der Waals surface area contributed by atoms with Gasteiger partial charge in [-0.05, 0) is 44.2 Å². The number of amides is 1. The van der Waals surface area contributed by atoms with Gasteiger partial charge in [-0.25, -0.2) is 9.78 Å². The van der Waals surface area contributed by atoms with E-state index in [-0.39, 0.29) is 12.2 Å². The Balaban J connectivity index is 1.75. The smallest absolute Gasteiger partial charge is 0.415 e. The number of hydrogen-bond acceptors (Lipinski definition) is 5. The molecule has 0 saturated carbocycles. The number of aromatic nitrogens is 3. The summed E-state index contributed by atoms with van der Waals surface area (Å²) >= 11 is 0. The van der Waals surface area contributed by atoms with Gasteiger partial charge in [-0.15, -0.1) is 0 Å². The van der Waals surface area contributed by atoms with Crippen molar-refractivity contribution >= 4 is 22.8 Å². The van der Waals surface area contributed by atoms with Crippen LogP contribution in [0.15, 0.2) is 36.5 Å². The third-order valence-corrected chi connectivity index (χ3v) is 3.96. The summed E-state index contributed by atoms with van der Waals surface area (Å²) < 4.78 is 10.8. The Labute approximate surface area is 144 Å². The van der Waals surface area contributed by atoms with Crippen LogP contribution in [0, 0.1) is 0 Å². The Hall–Kier alpha value is -3.09. The van der Waals surface area contributed by atoms with Gasteiger partial charge in [0.05, 0.1) is 18.2 Å². The van der Waals surface area contributed by atoms with Crippen molar-refractivity contribution in [2.24, 2.45) is 0 Å². The monoisotopic (exact) mass is 338 g/mol. The molecule has 7 heteroatoms. The maximum Gasteiger partial charge on any atom is 0.415 e. The van der Waals surface area contributed by atoms with Crippen LogP contribution in [0.5, 0.6) is 5.75 Å². The van der Waals surface area contributed by atoms with E-state index in [1.54, 1.807) is 6.20 Å². The van der Waals surface area contributed by atoms with Crippen LogP contribution >= 0.6 is 0 Å². The van der Waals surface area contributed by atoms with E-state index >= 15 is 0 Å². The molecule has 3 heterocycles. The van der Waals surface area contributed by atoms with Gasteiger partial charge in [0.1, 0.15) is 23.9 Å². The Morgan fingerprint density at radius 1 is 1.28 bits per heavy atom. The van der Waals surface area contributed by atoms with Crippen molar-refractivity contribution < 1.29 is 14.3 Å². The molecule has 128 valence electrons. The van der Waals surface area contributed by atoms with E-state index in [0.29, 0.717) is 19.0 Å². The fraction of sp³-hybridized carbons (Fsp3) is 0.278. The second-order valence-electron chi connectivity index (χ2n) is 6.11. The standard InChI is InChI=1S/C18H18N4O3/c1-11(2)25-13-3-4-15-14(10-13)17(21-20-15)12-5-6-19-16(9-12)22-7-8-24-18(22)23/h3-6,9-11H,7-8H2,1-2H3,(H,20,21). The largest absolute Gasteiger partial charge is 0.491 e. The molecule has 25 heavy (non-hydrogen) atoms. The van der Waals surface area contributed by atoms with Gasteiger partial charge in [-0.2, -0.15) is 5.10 Å². The molecular formula is C18H18N4O3. The summed E-state index contributed by atoms with van der Waals surface area (Å²) in [6.07, 6.45) is 1.40. The summed E-state index contributed by atoms with van der Waals surface area (Å²) in [5, 5.41) is 8.42. The number of nitrogens with zero attached hydrogens (tertiary/aromatic N) is 3. The van der Waals surface area contributed by atoms with Gasteiger partial charge < -0.3 is 9.47 Å². The fourth-order valence-corrected chi connectivity index (χ4v) is 2.87. The molecule has 7 nitrogen and oxygen atoms in total. The van der Waals surface area contributed by atoms with E-state index in [9.17, 15) is 4.79 Å². The molecule has 1 amide bonds. The number of carbonyl (C=O) groups excluding carboxylic acids is 1. The number of hydrogen-bond donors (Lipinski definition) is 1. The molecule has 0 bridgehead atoms. The molecule has 1 aliphatic rings. The number of aromatic amines is 1. The normalized spacial score (nSPS) is 14.4. The van der Waals surface area contributed by atoms with E-state index in [4.69, 9.17) is 9.47 Å². The lowest BCUT2D eigenvalue weighted by Crippen LogP contribution is -2.24. The first kappa shape index (κ1) is 15.4. The van der Waals surface area contributed by atoms with Crippen LogP contribution in [0.3, 0.4) is 0 Å². The fourth-order valence-electron chi connectivity index (χ4n) is 2.87. The number of H-pyrrole nitrogens is 1. The van der Waals surface area contributed by atoms with Gasteiger partial charge in [0.2, 0.25) is 0 Å². The number of cyclic esters (lactones) is 1. The first-order valence-electron chi connectivity index (χ1n) is 8.17. The van der Waals surface area contributed by atoms with Crippen molar-refractivity contribution in [3.05, 3.63) is 36.5 Å². The number of carbonyl (C=O) groups is 1. The maximum atomic E-state index is 11.8. The van der Waals surface area contributed by atoms with Crippen LogP contribution in [0.4, 0.5) is 10.6 Å². The zero-order valence-electron chi connectivity index (χ0n) is 14.0. The van der Waals surface area contributed by atoms with Crippen LogP contribution in [0.25, 0.3) is 22.2 Å². The highest BCUT2D eigenvalue weighted by Crippen LogP contribution is 2.31. The van der Waals surface area contributed by atoms with E-state index in [1.807, 2.05) is 44.2 Å². The van der Waals surface area contributed by atoms with Crippen LogP contribution in [0.1, 0.15) is 13.8 Å². The van der Waals surface area contributed by atoms with Gasteiger partial charge in [-0.3, -0.25) is 10.00 Å². The number of rotatable bonds is 4. The van der Waals surface area contributed by atoms with Crippen molar-refractivity contribution in [2.75, 3.05) is 18.1 Å². The van der Waals surface area contributed by atoms with Gasteiger partial charge in [0, 0.05) is 17.1 Å². The molecule has 1 aliphatic heterocycles. The third-order valence-electron chi connectivity index (χ3n) is 3.96. The Morgan fingerprint density at radius 3 is 2.92 bits per heavy atom. The van der Waals surface area contributed by atoms with Crippen LogP contribution in [-0.2, 0) is 4.74 Å². The lowest BCUT2D eigenvalue weighted by Gasteiger charge is -2.12. The molecule has 1 saturated heterocycles. The second kappa shape index (κ2) is 6.08. The number of pyridine rings is 1. The Morgan fingerprint density at radius 2 is 2.16 bits per heavy atom. The van der Waals surface area contributed by atoms with Crippen LogP contribution < -0.4 is 9.64 Å². The highest BCUT2D eigenvalue weighted by Gasteiger charge is 2.25. The zero-order chi connectivity index (χ0) is 17.4. The SMILES string of the molecule is CC(C)Oc1ccc2[nH]nc(-c3ccnc(N4CCOC4=O)c3)c2c1. The minimum atomic E-state index is -0.371. The highest BCUT2D eigenvalue weighted by molar-refractivity contribution is 5.95. The summed E-state index contributed by atoms with van der Waals surface area (Å²) in [5.74, 6) is 1.35. The molecule has 2 aromatic heterocycles. The minimum absolute atomic E-state index is 0.0986. The van der Waals surface area contributed by atoms with Crippen LogP contribution in [0.2, 0.25) is 0 Å². The Bertz CT molecular complexity index is 935. The summed E-state index contributed by atoms with van der Waals surface area (Å²) in [4.78, 5) is 17.6. The molecule has 0 aliphatic carbocycles. The average molecular weight is 338 g/mol. The lowest BCUT2D eigenvalue weighted by atomic mass is 10.1. The van der Waals surface area contributed by atoms with Crippen molar-refractivity contribution in [2.45, 2.75) is 20.0 Å². The molecule has 0 spiro atoms. The van der Waals surface area contributed by atoms with Crippen molar-refractivity contribution in [3.63, 3.8) is 0 Å². The van der Waals surface area contributed by atoms with Crippen molar-refractivity contribution in [3.8, 4) is 17.0 Å². The van der Waals surface area contributed by atoms with Gasteiger partial charge in [0.25, 0.3) is 0 Å². The molecule has 4 rings (SSSR count). The molecule has 0 radical (unpaired) electrons. The molecule has 1 N–H and O–H groups in total. The molecule has 1 fully saturated rings. The highest BCUT2D eigenvalue weighted by atomic mass is 16.6. The van der Waals surface area contributed by atoms with Crippen LogP contribution in [-0.4, -0.2) is 40.5 Å². The second-order valence-corrected chi connectivity index (χ2v) is 6.11. The average Bonchev–Trinajstić information content (AvgIpc) is 3.20. The van der Waals surface area contributed by atoms with Gasteiger partial charge in [0.15, 0.2) is 0 Å². The summed E-state index contributed by atoms with van der Waals surface area (Å²) in [6, 6.07) is 9.55. The molecular weight excluding hydrogens is 320 g/mol. The Kier molecular flexibility index (Phi) is 3.76.